The number of aromatic nitrogens is 3. The minimum absolute atomic E-state index is 0.860. The molecule has 0 aliphatic carbocycles. The first-order chi connectivity index (χ1) is 29.3. The lowest BCUT2D eigenvalue weighted by atomic mass is 9.98. The highest BCUT2D eigenvalue weighted by atomic mass is 16.3. The maximum absolute atomic E-state index is 6.91. The van der Waals surface area contributed by atoms with Gasteiger partial charge in [0.1, 0.15) is 11.4 Å². The van der Waals surface area contributed by atoms with Crippen LogP contribution in [0.25, 0.3) is 111 Å². The number of rotatable bonds is 6. The quantitative estimate of drug-likeness (QED) is 0.169. The van der Waals surface area contributed by atoms with Crippen molar-refractivity contribution in [2.75, 3.05) is 0 Å². The summed E-state index contributed by atoms with van der Waals surface area (Å²) in [4.78, 5) is 5.11. The Morgan fingerprint density at radius 2 is 0.949 bits per heavy atom. The molecule has 0 amide bonds. The van der Waals surface area contributed by atoms with E-state index in [2.05, 4.69) is 209 Å². The number of nitrogens with zero attached hydrogens (tertiary/aromatic N) is 3. The van der Waals surface area contributed by atoms with Crippen LogP contribution in [-0.2, 0) is 0 Å². The van der Waals surface area contributed by atoms with Crippen molar-refractivity contribution < 1.29 is 4.42 Å². The molecule has 0 fully saturated rings. The van der Waals surface area contributed by atoms with Crippen LogP contribution in [0.1, 0.15) is 0 Å². The number of para-hydroxylation sites is 4. The molecule has 0 aliphatic heterocycles. The third-order valence-corrected chi connectivity index (χ3v) is 11.8. The zero-order chi connectivity index (χ0) is 38.9. The van der Waals surface area contributed by atoms with Crippen molar-refractivity contribution in [1.82, 2.24) is 14.1 Å². The summed E-state index contributed by atoms with van der Waals surface area (Å²) in [5.41, 5.74) is 16.2. The fourth-order valence-corrected chi connectivity index (χ4v) is 9.01. The average molecular weight is 754 g/mol. The van der Waals surface area contributed by atoms with Crippen LogP contribution in [-0.4, -0.2) is 14.1 Å². The second-order valence-corrected chi connectivity index (χ2v) is 15.1. The summed E-state index contributed by atoms with van der Waals surface area (Å²) in [6, 6.07) is 75.5. The molecule has 276 valence electrons. The van der Waals surface area contributed by atoms with Gasteiger partial charge in [0.15, 0.2) is 5.58 Å². The van der Waals surface area contributed by atoms with Crippen LogP contribution >= 0.6 is 0 Å². The molecule has 0 saturated heterocycles. The number of hydrogen-bond acceptors (Lipinski definition) is 2. The molecule has 0 bridgehead atoms. The maximum atomic E-state index is 6.91. The molecule has 0 aliphatic rings. The number of benzene rings is 9. The fourth-order valence-electron chi connectivity index (χ4n) is 9.01. The second-order valence-electron chi connectivity index (χ2n) is 15.1. The lowest BCUT2D eigenvalue weighted by molar-refractivity contribution is 0.666. The molecule has 12 aromatic rings. The molecule has 0 atom stereocenters. The molecule has 3 aromatic heterocycles. The predicted octanol–water partition coefficient (Wildman–Crippen LogP) is 14.7. The summed E-state index contributed by atoms with van der Waals surface area (Å²) in [6.07, 6.45) is 0. The summed E-state index contributed by atoms with van der Waals surface area (Å²) in [5, 5.41) is 4.59. The molecule has 0 unspecified atom stereocenters. The Labute approximate surface area is 340 Å². The van der Waals surface area contributed by atoms with Gasteiger partial charge in [0.25, 0.3) is 0 Å². The summed E-state index contributed by atoms with van der Waals surface area (Å²) in [6.45, 7) is 0. The van der Waals surface area contributed by atoms with Crippen molar-refractivity contribution in [2.45, 2.75) is 0 Å². The van der Waals surface area contributed by atoms with E-state index in [1.165, 1.54) is 33.0 Å². The predicted molar refractivity (Wildman–Crippen MR) is 244 cm³/mol. The minimum Gasteiger partial charge on any atom is -0.454 e. The van der Waals surface area contributed by atoms with Gasteiger partial charge in [-0.15, -0.1) is 0 Å². The Bertz CT molecular complexity index is 3430. The first kappa shape index (κ1) is 33.2. The summed E-state index contributed by atoms with van der Waals surface area (Å²) < 4.78 is 11.5. The number of hydrogen-bond donors (Lipinski definition) is 0. The zero-order valence-corrected chi connectivity index (χ0v) is 32.0. The van der Waals surface area contributed by atoms with E-state index in [0.29, 0.717) is 0 Å². The highest BCUT2D eigenvalue weighted by Crippen LogP contribution is 2.43. The highest BCUT2D eigenvalue weighted by Gasteiger charge is 2.21. The number of furan rings is 1. The first-order valence-corrected chi connectivity index (χ1v) is 20.0. The van der Waals surface area contributed by atoms with Crippen LogP contribution in [0.5, 0.6) is 0 Å². The molecule has 0 radical (unpaired) electrons. The maximum Gasteiger partial charge on any atom is 0.159 e. The molecule has 12 rings (SSSR count). The molecule has 59 heavy (non-hydrogen) atoms. The number of imidazole rings is 1. The van der Waals surface area contributed by atoms with E-state index < -0.39 is 0 Å². The van der Waals surface area contributed by atoms with E-state index in [1.54, 1.807) is 0 Å². The Kier molecular flexibility index (Phi) is 7.50. The Morgan fingerprint density at radius 1 is 0.373 bits per heavy atom. The van der Waals surface area contributed by atoms with E-state index in [4.69, 9.17) is 9.40 Å². The molecule has 9 aromatic carbocycles. The van der Waals surface area contributed by atoms with Crippen LogP contribution < -0.4 is 0 Å². The van der Waals surface area contributed by atoms with E-state index >= 15 is 0 Å². The summed E-state index contributed by atoms with van der Waals surface area (Å²) in [5.74, 6) is 0.915. The van der Waals surface area contributed by atoms with Gasteiger partial charge in [-0.2, -0.15) is 0 Å². The van der Waals surface area contributed by atoms with Crippen molar-refractivity contribution in [2.24, 2.45) is 0 Å². The molecule has 0 N–H and O–H groups in total. The molecule has 3 heterocycles. The number of fused-ring (bicyclic) bond motifs is 7. The molecular formula is C55H35N3O. The first-order valence-electron chi connectivity index (χ1n) is 20.0. The van der Waals surface area contributed by atoms with Crippen molar-refractivity contribution in [3.05, 3.63) is 212 Å². The fraction of sp³-hybridized carbons (Fsp3) is 0. The van der Waals surface area contributed by atoms with Crippen molar-refractivity contribution in [1.29, 1.82) is 0 Å². The SMILES string of the molecule is c1ccc(-c2ccc3c(c2)c2cc(-c4ccccc4)ccc2n3-c2cccc3c2oc2cccc(-c4ccc(-c5nc6ccccc6n5-c5ccccc5)cc4)c23)cc1. The van der Waals surface area contributed by atoms with Gasteiger partial charge in [0.05, 0.1) is 27.8 Å². The van der Waals surface area contributed by atoms with Crippen LogP contribution in [0.2, 0.25) is 0 Å². The van der Waals surface area contributed by atoms with Crippen molar-refractivity contribution in [3.63, 3.8) is 0 Å². The Hall–Kier alpha value is -7.95. The third kappa shape index (κ3) is 5.34. The van der Waals surface area contributed by atoms with Gasteiger partial charge in [-0.25, -0.2) is 4.98 Å². The van der Waals surface area contributed by atoms with Gasteiger partial charge in [0, 0.05) is 32.8 Å². The molecule has 0 saturated carbocycles. The van der Waals surface area contributed by atoms with Crippen molar-refractivity contribution in [3.8, 4) is 56.1 Å². The van der Waals surface area contributed by atoms with Gasteiger partial charge in [-0.1, -0.05) is 152 Å². The van der Waals surface area contributed by atoms with Crippen molar-refractivity contribution >= 4 is 54.8 Å². The van der Waals surface area contributed by atoms with Crippen LogP contribution in [0.3, 0.4) is 0 Å². The standard InChI is InChI=1S/C55H35N3O/c1-4-14-36(15-5-1)40-30-32-48-45(34-40)46-35-41(37-16-6-2-7-17-37)31-33-49(46)58(48)51-24-12-21-44-53-43(20-13-25-52(53)59-54(44)51)38-26-28-39(29-27-38)55-56-47-22-10-11-23-50(47)57(55)42-18-8-3-9-19-42/h1-35H. The normalized spacial score (nSPS) is 11.7. The highest BCUT2D eigenvalue weighted by molar-refractivity contribution is 6.16. The molecule has 4 nitrogen and oxygen atoms in total. The Balaban J connectivity index is 1.02. The smallest absolute Gasteiger partial charge is 0.159 e. The molecule has 4 heteroatoms. The van der Waals surface area contributed by atoms with Gasteiger partial charge in [-0.3, -0.25) is 4.57 Å². The van der Waals surface area contributed by atoms with Gasteiger partial charge in [0.2, 0.25) is 0 Å². The summed E-state index contributed by atoms with van der Waals surface area (Å²) >= 11 is 0. The van der Waals surface area contributed by atoms with E-state index in [9.17, 15) is 0 Å². The Morgan fingerprint density at radius 3 is 1.63 bits per heavy atom. The van der Waals surface area contributed by atoms with Crippen LogP contribution in [0.15, 0.2) is 217 Å². The lowest BCUT2D eigenvalue weighted by Crippen LogP contribution is -1.97. The van der Waals surface area contributed by atoms with E-state index in [1.807, 2.05) is 12.1 Å². The molecular weight excluding hydrogens is 719 g/mol. The zero-order valence-electron chi connectivity index (χ0n) is 32.0. The van der Waals surface area contributed by atoms with E-state index in [0.717, 1.165) is 77.9 Å². The third-order valence-electron chi connectivity index (χ3n) is 11.8. The molecule has 0 spiro atoms. The van der Waals surface area contributed by atoms with Crippen LogP contribution in [0.4, 0.5) is 0 Å². The summed E-state index contributed by atoms with van der Waals surface area (Å²) in [7, 11) is 0. The monoisotopic (exact) mass is 753 g/mol. The van der Waals surface area contributed by atoms with Gasteiger partial charge >= 0.3 is 0 Å². The average Bonchev–Trinajstić information content (AvgIpc) is 4.00. The minimum atomic E-state index is 0.860. The van der Waals surface area contributed by atoms with Gasteiger partial charge < -0.3 is 8.98 Å². The van der Waals surface area contributed by atoms with Crippen LogP contribution in [0, 0.1) is 0 Å². The largest absolute Gasteiger partial charge is 0.454 e. The van der Waals surface area contributed by atoms with Gasteiger partial charge in [-0.05, 0) is 94.0 Å². The van der Waals surface area contributed by atoms with E-state index in [-0.39, 0.29) is 0 Å². The topological polar surface area (TPSA) is 35.9 Å². The lowest BCUT2D eigenvalue weighted by Gasteiger charge is -2.11. The second kappa shape index (κ2) is 13.3.